The first-order chi connectivity index (χ1) is 10.2. The summed E-state index contributed by atoms with van der Waals surface area (Å²) in [5, 5.41) is 0. The first-order valence-corrected chi connectivity index (χ1v) is 8.32. The molecule has 0 aliphatic heterocycles. The Kier molecular flexibility index (Phi) is 8.51. The second-order valence-electron chi connectivity index (χ2n) is 6.10. The van der Waals surface area contributed by atoms with Crippen LogP contribution in [0.5, 0.6) is 0 Å². The van der Waals surface area contributed by atoms with Gasteiger partial charge in [0.05, 0.1) is 6.04 Å². The van der Waals surface area contributed by atoms with Gasteiger partial charge in [-0.2, -0.15) is 0 Å². The monoisotopic (exact) mass is 324 g/mol. The molecule has 2 N–H and O–H groups in total. The van der Waals surface area contributed by atoms with E-state index in [0.717, 1.165) is 38.6 Å². The molecule has 1 aromatic carbocycles. The Bertz CT molecular complexity index is 432. The molecular formula is C18H29ClN2O. The number of hydrogen-bond acceptors (Lipinski definition) is 2. The second-order valence-corrected chi connectivity index (χ2v) is 6.10. The highest BCUT2D eigenvalue weighted by molar-refractivity contribution is 5.85. The maximum Gasteiger partial charge on any atom is 0.239 e. The average molecular weight is 325 g/mol. The van der Waals surface area contributed by atoms with Crippen molar-refractivity contribution in [3.8, 4) is 0 Å². The molecule has 124 valence electrons. The van der Waals surface area contributed by atoms with Gasteiger partial charge in [-0.1, -0.05) is 56.5 Å². The summed E-state index contributed by atoms with van der Waals surface area (Å²) in [4.78, 5) is 14.7. The lowest BCUT2D eigenvalue weighted by Crippen LogP contribution is -2.48. The van der Waals surface area contributed by atoms with E-state index in [1.165, 1.54) is 18.4 Å². The number of nitrogens with zero attached hydrogens (tertiary/aromatic N) is 1. The van der Waals surface area contributed by atoms with Crippen LogP contribution in [-0.2, 0) is 11.2 Å². The predicted octanol–water partition coefficient (Wildman–Crippen LogP) is 3.55. The lowest BCUT2D eigenvalue weighted by Gasteiger charge is -2.31. The SMILES string of the molecule is CCCC(N)C(=O)N(CCc1ccccc1)C1CCCC1.Cl. The molecule has 3 nitrogen and oxygen atoms in total. The smallest absolute Gasteiger partial charge is 0.239 e. The van der Waals surface area contributed by atoms with Gasteiger partial charge < -0.3 is 10.6 Å². The average Bonchev–Trinajstić information content (AvgIpc) is 3.03. The Morgan fingerprint density at radius 2 is 1.91 bits per heavy atom. The quantitative estimate of drug-likeness (QED) is 0.833. The molecule has 0 saturated heterocycles. The van der Waals surface area contributed by atoms with Gasteiger partial charge in [-0.3, -0.25) is 4.79 Å². The van der Waals surface area contributed by atoms with Crippen LogP contribution in [-0.4, -0.2) is 29.4 Å². The highest BCUT2D eigenvalue weighted by atomic mass is 35.5. The Hall–Kier alpha value is -1.06. The van der Waals surface area contributed by atoms with Crippen LogP contribution >= 0.6 is 12.4 Å². The number of carbonyl (C=O) groups excluding carboxylic acids is 1. The topological polar surface area (TPSA) is 46.3 Å². The zero-order chi connectivity index (χ0) is 15.1. The molecule has 0 aromatic heterocycles. The fraction of sp³-hybridized carbons (Fsp3) is 0.611. The van der Waals surface area contributed by atoms with E-state index in [2.05, 4.69) is 36.1 Å². The van der Waals surface area contributed by atoms with Gasteiger partial charge in [0, 0.05) is 12.6 Å². The van der Waals surface area contributed by atoms with Crippen molar-refractivity contribution in [3.05, 3.63) is 35.9 Å². The maximum absolute atomic E-state index is 12.6. The van der Waals surface area contributed by atoms with Crippen LogP contribution in [0, 0.1) is 0 Å². The zero-order valence-corrected chi connectivity index (χ0v) is 14.4. The number of carbonyl (C=O) groups is 1. The molecule has 22 heavy (non-hydrogen) atoms. The van der Waals surface area contributed by atoms with E-state index < -0.39 is 0 Å². The van der Waals surface area contributed by atoms with Gasteiger partial charge in [-0.05, 0) is 31.2 Å². The summed E-state index contributed by atoms with van der Waals surface area (Å²) >= 11 is 0. The van der Waals surface area contributed by atoms with Crippen LogP contribution in [0.4, 0.5) is 0 Å². The van der Waals surface area contributed by atoms with Gasteiger partial charge in [0.2, 0.25) is 5.91 Å². The molecule has 1 aliphatic rings. The molecule has 0 radical (unpaired) electrons. The van der Waals surface area contributed by atoms with Crippen molar-refractivity contribution in [1.29, 1.82) is 0 Å². The molecule has 1 fully saturated rings. The maximum atomic E-state index is 12.6. The first kappa shape index (κ1) is 19.0. The normalized spacial score (nSPS) is 16.1. The summed E-state index contributed by atoms with van der Waals surface area (Å²) in [7, 11) is 0. The van der Waals surface area contributed by atoms with Gasteiger partial charge in [-0.25, -0.2) is 0 Å². The molecule has 4 heteroatoms. The number of benzene rings is 1. The molecule has 0 bridgehead atoms. The van der Waals surface area contributed by atoms with Gasteiger partial charge in [0.15, 0.2) is 0 Å². The molecule has 0 spiro atoms. The predicted molar refractivity (Wildman–Crippen MR) is 94.2 cm³/mol. The Morgan fingerprint density at radius 3 is 2.50 bits per heavy atom. The van der Waals surface area contributed by atoms with Gasteiger partial charge in [-0.15, -0.1) is 12.4 Å². The first-order valence-electron chi connectivity index (χ1n) is 8.32. The summed E-state index contributed by atoms with van der Waals surface area (Å²) in [6.45, 7) is 2.88. The summed E-state index contributed by atoms with van der Waals surface area (Å²) in [6.07, 6.45) is 7.42. The highest BCUT2D eigenvalue weighted by Gasteiger charge is 2.29. The van der Waals surface area contributed by atoms with E-state index in [0.29, 0.717) is 6.04 Å². The Labute approximate surface area is 140 Å². The summed E-state index contributed by atoms with van der Waals surface area (Å²) in [6, 6.07) is 10.5. The van der Waals surface area contributed by atoms with Gasteiger partial charge in [0.25, 0.3) is 0 Å². The van der Waals surface area contributed by atoms with Crippen LogP contribution in [0.1, 0.15) is 51.0 Å². The van der Waals surface area contributed by atoms with Crippen molar-refractivity contribution in [1.82, 2.24) is 4.90 Å². The van der Waals surface area contributed by atoms with E-state index >= 15 is 0 Å². The second kappa shape index (κ2) is 9.86. The van der Waals surface area contributed by atoms with E-state index in [1.807, 2.05) is 6.07 Å². The van der Waals surface area contributed by atoms with Crippen LogP contribution in [0.15, 0.2) is 30.3 Å². The molecule has 1 atom stereocenters. The number of halogens is 1. The minimum Gasteiger partial charge on any atom is -0.338 e. The molecule has 1 saturated carbocycles. The fourth-order valence-corrected chi connectivity index (χ4v) is 3.23. The number of hydrogen-bond donors (Lipinski definition) is 1. The Balaban J connectivity index is 0.00000242. The van der Waals surface area contributed by atoms with Crippen LogP contribution < -0.4 is 5.73 Å². The largest absolute Gasteiger partial charge is 0.338 e. The molecule has 0 heterocycles. The van der Waals surface area contributed by atoms with E-state index in [-0.39, 0.29) is 24.4 Å². The summed E-state index contributed by atoms with van der Waals surface area (Å²) in [5.41, 5.74) is 7.36. The number of amides is 1. The zero-order valence-electron chi connectivity index (χ0n) is 13.5. The van der Waals surface area contributed by atoms with Crippen LogP contribution in [0.3, 0.4) is 0 Å². The minimum absolute atomic E-state index is 0. The van der Waals surface area contributed by atoms with Crippen molar-refractivity contribution in [2.24, 2.45) is 5.73 Å². The third kappa shape index (κ3) is 5.29. The van der Waals surface area contributed by atoms with Crippen molar-refractivity contribution >= 4 is 18.3 Å². The lowest BCUT2D eigenvalue weighted by molar-refractivity contribution is -0.135. The minimum atomic E-state index is -0.327. The Morgan fingerprint density at radius 1 is 1.27 bits per heavy atom. The molecule has 1 aliphatic carbocycles. The van der Waals surface area contributed by atoms with Crippen LogP contribution in [0.25, 0.3) is 0 Å². The highest BCUT2D eigenvalue weighted by Crippen LogP contribution is 2.24. The molecule has 1 aromatic rings. The van der Waals surface area contributed by atoms with Crippen molar-refractivity contribution in [2.75, 3.05) is 6.54 Å². The third-order valence-corrected chi connectivity index (χ3v) is 4.45. The van der Waals surface area contributed by atoms with Crippen molar-refractivity contribution in [3.63, 3.8) is 0 Å². The number of rotatable bonds is 7. The van der Waals surface area contributed by atoms with E-state index in [4.69, 9.17) is 5.73 Å². The molecule has 1 unspecified atom stereocenters. The van der Waals surface area contributed by atoms with Crippen LogP contribution in [0.2, 0.25) is 0 Å². The van der Waals surface area contributed by atoms with Gasteiger partial charge >= 0.3 is 0 Å². The summed E-state index contributed by atoms with van der Waals surface area (Å²) in [5.74, 6) is 0.152. The van der Waals surface area contributed by atoms with Crippen molar-refractivity contribution < 1.29 is 4.79 Å². The third-order valence-electron chi connectivity index (χ3n) is 4.45. The standard InChI is InChI=1S/C18H28N2O.ClH/c1-2-8-17(19)18(21)20(16-11-6-7-12-16)14-13-15-9-4-3-5-10-15;/h3-5,9-10,16-17H,2,6-8,11-14,19H2,1H3;1H. The van der Waals surface area contributed by atoms with Gasteiger partial charge in [0.1, 0.15) is 0 Å². The molecular weight excluding hydrogens is 296 g/mol. The van der Waals surface area contributed by atoms with E-state index in [1.54, 1.807) is 0 Å². The molecule has 2 rings (SSSR count). The van der Waals surface area contributed by atoms with Crippen molar-refractivity contribution in [2.45, 2.75) is 64.0 Å². The summed E-state index contributed by atoms with van der Waals surface area (Å²) < 4.78 is 0. The lowest BCUT2D eigenvalue weighted by atomic mass is 10.1. The number of nitrogens with two attached hydrogens (primary N) is 1. The fourth-order valence-electron chi connectivity index (χ4n) is 3.23. The van der Waals surface area contributed by atoms with E-state index in [9.17, 15) is 4.79 Å². The molecule has 1 amide bonds.